The maximum atomic E-state index is 13.2. The molecule has 1 heterocycles. The molecule has 3 heteroatoms. The largest absolute Gasteiger partial charge is 0.456 e. The van der Waals surface area contributed by atoms with E-state index in [1.54, 1.807) is 6.07 Å². The highest BCUT2D eigenvalue weighted by atomic mass is 19.1. The minimum Gasteiger partial charge on any atom is -0.456 e. The van der Waals surface area contributed by atoms with Gasteiger partial charge in [-0.25, -0.2) is 4.39 Å². The van der Waals surface area contributed by atoms with Gasteiger partial charge in [-0.3, -0.25) is 0 Å². The van der Waals surface area contributed by atoms with Crippen molar-refractivity contribution in [3.8, 4) is 11.3 Å². The maximum absolute atomic E-state index is 13.2. The second-order valence-electron chi connectivity index (χ2n) is 4.61. The number of furan rings is 1. The summed E-state index contributed by atoms with van der Waals surface area (Å²) in [4.78, 5) is 0. The first-order valence-corrected chi connectivity index (χ1v) is 6.17. The first kappa shape index (κ1) is 11.9. The van der Waals surface area contributed by atoms with E-state index in [4.69, 9.17) is 10.2 Å². The van der Waals surface area contributed by atoms with Crippen LogP contribution in [0.3, 0.4) is 0 Å². The predicted octanol–water partition coefficient (Wildman–Crippen LogP) is 4.01. The predicted molar refractivity (Wildman–Crippen MR) is 74.2 cm³/mol. The van der Waals surface area contributed by atoms with E-state index in [1.807, 2.05) is 31.2 Å². The molecule has 0 aliphatic heterocycles. The topological polar surface area (TPSA) is 39.2 Å². The van der Waals surface area contributed by atoms with Crippen LogP contribution in [0.2, 0.25) is 0 Å². The lowest BCUT2D eigenvalue weighted by Gasteiger charge is -2.04. The van der Waals surface area contributed by atoms with Crippen LogP contribution in [0.5, 0.6) is 0 Å². The maximum Gasteiger partial charge on any atom is 0.137 e. The number of nitrogens with two attached hydrogens (primary N) is 1. The lowest BCUT2D eigenvalue weighted by Crippen LogP contribution is -1.99. The Balaban J connectivity index is 2.22. The van der Waals surface area contributed by atoms with E-state index in [0.29, 0.717) is 0 Å². The van der Waals surface area contributed by atoms with Gasteiger partial charge in [0, 0.05) is 17.5 Å². The van der Waals surface area contributed by atoms with Gasteiger partial charge in [-0.1, -0.05) is 18.2 Å². The zero-order valence-electron chi connectivity index (χ0n) is 10.6. The molecule has 0 fully saturated rings. The molecule has 19 heavy (non-hydrogen) atoms. The van der Waals surface area contributed by atoms with Gasteiger partial charge in [0.1, 0.15) is 17.2 Å². The van der Waals surface area contributed by atoms with Crippen molar-refractivity contribution in [2.24, 2.45) is 5.73 Å². The van der Waals surface area contributed by atoms with Gasteiger partial charge in [-0.15, -0.1) is 0 Å². The number of hydrogen-bond acceptors (Lipinski definition) is 2. The Kier molecular flexibility index (Phi) is 2.84. The summed E-state index contributed by atoms with van der Waals surface area (Å²) in [5, 5.41) is 1.04. The summed E-state index contributed by atoms with van der Waals surface area (Å²) in [5.41, 5.74) is 9.22. The number of rotatable bonds is 2. The van der Waals surface area contributed by atoms with Gasteiger partial charge in [0.05, 0.1) is 0 Å². The zero-order chi connectivity index (χ0) is 13.4. The summed E-state index contributed by atoms with van der Waals surface area (Å²) in [5.74, 6) is 0.446. The molecule has 0 radical (unpaired) electrons. The molecule has 0 saturated carbocycles. The van der Waals surface area contributed by atoms with Crippen LogP contribution in [0.4, 0.5) is 4.39 Å². The highest BCUT2D eigenvalue weighted by Gasteiger charge is 2.11. The van der Waals surface area contributed by atoms with Gasteiger partial charge in [-0.05, 0) is 42.3 Å². The number of hydrogen-bond donors (Lipinski definition) is 1. The molecule has 0 spiro atoms. The van der Waals surface area contributed by atoms with E-state index in [9.17, 15) is 4.39 Å². The van der Waals surface area contributed by atoms with E-state index in [1.165, 1.54) is 12.1 Å². The Morgan fingerprint density at radius 3 is 2.74 bits per heavy atom. The Morgan fingerprint density at radius 2 is 2.00 bits per heavy atom. The molecule has 0 bridgehead atoms. The molecule has 0 amide bonds. The second kappa shape index (κ2) is 4.52. The summed E-state index contributed by atoms with van der Waals surface area (Å²) >= 11 is 0. The van der Waals surface area contributed by atoms with Crippen molar-refractivity contribution in [2.45, 2.75) is 13.5 Å². The monoisotopic (exact) mass is 255 g/mol. The van der Waals surface area contributed by atoms with Crippen LogP contribution in [-0.4, -0.2) is 0 Å². The molecule has 3 aromatic rings. The highest BCUT2D eigenvalue weighted by Crippen LogP contribution is 2.31. The van der Waals surface area contributed by atoms with Gasteiger partial charge in [0.2, 0.25) is 0 Å². The minimum absolute atomic E-state index is 0.281. The van der Waals surface area contributed by atoms with Crippen LogP contribution in [0.1, 0.15) is 11.1 Å². The first-order chi connectivity index (χ1) is 9.19. The number of aryl methyl sites for hydroxylation is 1. The van der Waals surface area contributed by atoms with E-state index < -0.39 is 0 Å². The molecule has 0 saturated heterocycles. The lowest BCUT2D eigenvalue weighted by molar-refractivity contribution is 0.619. The van der Waals surface area contributed by atoms with Crippen molar-refractivity contribution in [3.05, 3.63) is 59.4 Å². The molecule has 1 aromatic heterocycles. The quantitative estimate of drug-likeness (QED) is 0.751. The molecule has 0 aliphatic carbocycles. The fraction of sp³-hybridized carbons (Fsp3) is 0.125. The third-order valence-electron chi connectivity index (χ3n) is 3.29. The molecule has 2 nitrogen and oxygen atoms in total. The van der Waals surface area contributed by atoms with E-state index >= 15 is 0 Å². The molecule has 0 aliphatic rings. The molecule has 0 atom stereocenters. The number of halogens is 1. The summed E-state index contributed by atoms with van der Waals surface area (Å²) in [6, 6.07) is 12.6. The summed E-state index contributed by atoms with van der Waals surface area (Å²) < 4.78 is 19.1. The van der Waals surface area contributed by atoms with Crippen LogP contribution >= 0.6 is 0 Å². The summed E-state index contributed by atoms with van der Waals surface area (Å²) in [6.07, 6.45) is 0. The molecular formula is C16H14FNO. The number of fused-ring (bicyclic) bond motifs is 1. The number of benzene rings is 2. The van der Waals surface area contributed by atoms with Crippen LogP contribution in [-0.2, 0) is 6.54 Å². The molecule has 2 aromatic carbocycles. The average Bonchev–Trinajstić information content (AvgIpc) is 2.83. The van der Waals surface area contributed by atoms with Crippen molar-refractivity contribution in [1.29, 1.82) is 0 Å². The van der Waals surface area contributed by atoms with Crippen LogP contribution < -0.4 is 5.73 Å². The Hall–Kier alpha value is -2.13. The van der Waals surface area contributed by atoms with Crippen LogP contribution in [0.25, 0.3) is 22.3 Å². The number of para-hydroxylation sites is 1. The van der Waals surface area contributed by atoms with Gasteiger partial charge < -0.3 is 10.2 Å². The highest BCUT2D eigenvalue weighted by molar-refractivity contribution is 5.85. The minimum atomic E-state index is -0.281. The van der Waals surface area contributed by atoms with E-state index in [2.05, 4.69) is 0 Å². The van der Waals surface area contributed by atoms with Gasteiger partial charge in [0.25, 0.3) is 0 Å². The SMILES string of the molecule is Cc1cccc2cc(-c3ccc(F)cc3CN)oc12. The van der Waals surface area contributed by atoms with Crippen molar-refractivity contribution in [2.75, 3.05) is 0 Å². The molecule has 2 N–H and O–H groups in total. The average molecular weight is 255 g/mol. The Morgan fingerprint density at radius 1 is 1.16 bits per heavy atom. The first-order valence-electron chi connectivity index (χ1n) is 6.17. The van der Waals surface area contributed by atoms with Crippen LogP contribution in [0.15, 0.2) is 46.9 Å². The third-order valence-corrected chi connectivity index (χ3v) is 3.29. The van der Waals surface area contributed by atoms with Gasteiger partial charge in [-0.2, -0.15) is 0 Å². The normalized spacial score (nSPS) is 11.1. The van der Waals surface area contributed by atoms with E-state index in [-0.39, 0.29) is 12.4 Å². The molecule has 3 rings (SSSR count). The standard InChI is InChI=1S/C16H14FNO/c1-10-3-2-4-11-8-15(19-16(10)11)14-6-5-13(17)7-12(14)9-18/h2-8H,9,18H2,1H3. The van der Waals surface area contributed by atoms with E-state index in [0.717, 1.165) is 33.4 Å². The van der Waals surface area contributed by atoms with Crippen molar-refractivity contribution >= 4 is 11.0 Å². The van der Waals surface area contributed by atoms with Crippen molar-refractivity contribution in [3.63, 3.8) is 0 Å². The smallest absolute Gasteiger partial charge is 0.137 e. The fourth-order valence-electron chi connectivity index (χ4n) is 2.31. The molecule has 96 valence electrons. The summed E-state index contributed by atoms with van der Waals surface area (Å²) in [6.45, 7) is 2.28. The molecular weight excluding hydrogens is 241 g/mol. The Bertz CT molecular complexity index is 746. The third kappa shape index (κ3) is 2.02. The second-order valence-corrected chi connectivity index (χ2v) is 4.61. The molecule has 0 unspecified atom stereocenters. The zero-order valence-corrected chi connectivity index (χ0v) is 10.6. The van der Waals surface area contributed by atoms with Crippen molar-refractivity contribution in [1.82, 2.24) is 0 Å². The van der Waals surface area contributed by atoms with Crippen LogP contribution in [0, 0.1) is 12.7 Å². The fourth-order valence-corrected chi connectivity index (χ4v) is 2.31. The van der Waals surface area contributed by atoms with Crippen molar-refractivity contribution < 1.29 is 8.81 Å². The Labute approximate surface area is 110 Å². The van der Waals surface area contributed by atoms with Gasteiger partial charge in [0.15, 0.2) is 0 Å². The summed E-state index contributed by atoms with van der Waals surface area (Å²) in [7, 11) is 0. The lowest BCUT2D eigenvalue weighted by atomic mass is 10.0. The van der Waals surface area contributed by atoms with Gasteiger partial charge >= 0.3 is 0 Å².